The van der Waals surface area contributed by atoms with Crippen molar-refractivity contribution in [2.75, 3.05) is 13.2 Å². The lowest BCUT2D eigenvalue weighted by Crippen LogP contribution is -2.28. The SMILES string of the molecule is C[C@H](NS(=O)(=O)c1cccc(C(=O)NCCO)c1)c1ccccc1. The van der Waals surface area contributed by atoms with E-state index in [4.69, 9.17) is 5.11 Å². The Balaban J connectivity index is 2.19. The Morgan fingerprint density at radius 1 is 1.12 bits per heavy atom. The normalized spacial score (nSPS) is 12.6. The molecule has 6 nitrogen and oxygen atoms in total. The Hall–Kier alpha value is -2.22. The first-order chi connectivity index (χ1) is 11.4. The van der Waals surface area contributed by atoms with Crippen LogP contribution in [-0.2, 0) is 10.0 Å². The molecule has 2 rings (SSSR count). The first kappa shape index (κ1) is 18.1. The number of carbonyl (C=O) groups excluding carboxylic acids is 1. The van der Waals surface area contributed by atoms with Crippen molar-refractivity contribution in [2.45, 2.75) is 17.9 Å². The number of hydrogen-bond donors (Lipinski definition) is 3. The van der Waals surface area contributed by atoms with E-state index < -0.39 is 22.0 Å². The van der Waals surface area contributed by atoms with Crippen LogP contribution in [0.2, 0.25) is 0 Å². The van der Waals surface area contributed by atoms with Crippen molar-refractivity contribution < 1.29 is 18.3 Å². The maximum atomic E-state index is 12.5. The van der Waals surface area contributed by atoms with Crippen molar-refractivity contribution in [3.63, 3.8) is 0 Å². The van der Waals surface area contributed by atoms with Crippen LogP contribution in [0.3, 0.4) is 0 Å². The molecule has 2 aromatic rings. The number of sulfonamides is 1. The van der Waals surface area contributed by atoms with Crippen LogP contribution in [-0.4, -0.2) is 32.6 Å². The van der Waals surface area contributed by atoms with Crippen molar-refractivity contribution >= 4 is 15.9 Å². The monoisotopic (exact) mass is 348 g/mol. The molecule has 0 aromatic heterocycles. The van der Waals surface area contributed by atoms with E-state index in [-0.39, 0.29) is 23.6 Å². The first-order valence-electron chi connectivity index (χ1n) is 7.50. The molecule has 0 aliphatic heterocycles. The molecule has 0 saturated heterocycles. The van der Waals surface area contributed by atoms with Crippen molar-refractivity contribution in [1.29, 1.82) is 0 Å². The number of carbonyl (C=O) groups is 1. The maximum Gasteiger partial charge on any atom is 0.251 e. The summed E-state index contributed by atoms with van der Waals surface area (Å²) in [5.74, 6) is -0.433. The highest BCUT2D eigenvalue weighted by molar-refractivity contribution is 7.89. The van der Waals surface area contributed by atoms with E-state index in [2.05, 4.69) is 10.0 Å². The van der Waals surface area contributed by atoms with Gasteiger partial charge in [0.05, 0.1) is 11.5 Å². The Morgan fingerprint density at radius 2 is 1.83 bits per heavy atom. The third-order valence-corrected chi connectivity index (χ3v) is 4.97. The molecule has 7 heteroatoms. The number of amides is 1. The lowest BCUT2D eigenvalue weighted by atomic mass is 10.1. The van der Waals surface area contributed by atoms with Crippen LogP contribution in [0.25, 0.3) is 0 Å². The summed E-state index contributed by atoms with van der Waals surface area (Å²) in [5.41, 5.74) is 1.07. The highest BCUT2D eigenvalue weighted by atomic mass is 32.2. The van der Waals surface area contributed by atoms with E-state index in [1.54, 1.807) is 6.92 Å². The van der Waals surface area contributed by atoms with Gasteiger partial charge in [-0.2, -0.15) is 0 Å². The minimum atomic E-state index is -3.76. The minimum Gasteiger partial charge on any atom is -0.395 e. The van der Waals surface area contributed by atoms with E-state index in [9.17, 15) is 13.2 Å². The van der Waals surface area contributed by atoms with E-state index >= 15 is 0 Å². The Morgan fingerprint density at radius 3 is 2.50 bits per heavy atom. The number of benzene rings is 2. The summed E-state index contributed by atoms with van der Waals surface area (Å²) in [6.07, 6.45) is 0. The van der Waals surface area contributed by atoms with E-state index in [1.807, 2.05) is 30.3 Å². The molecule has 0 heterocycles. The second-order valence-corrected chi connectivity index (χ2v) is 6.97. The number of aliphatic hydroxyl groups is 1. The third-order valence-electron chi connectivity index (χ3n) is 3.44. The summed E-state index contributed by atoms with van der Waals surface area (Å²) >= 11 is 0. The molecule has 0 radical (unpaired) electrons. The van der Waals surface area contributed by atoms with Gasteiger partial charge in [0.25, 0.3) is 5.91 Å². The van der Waals surface area contributed by atoms with Crippen molar-refractivity contribution in [1.82, 2.24) is 10.0 Å². The average Bonchev–Trinajstić information content (AvgIpc) is 2.60. The fraction of sp³-hybridized carbons (Fsp3) is 0.235. The summed E-state index contributed by atoms with van der Waals surface area (Å²) in [6.45, 7) is 1.68. The Kier molecular flexibility index (Phi) is 6.08. The second-order valence-electron chi connectivity index (χ2n) is 5.26. The molecule has 2 aromatic carbocycles. The quantitative estimate of drug-likeness (QED) is 0.706. The second kappa shape index (κ2) is 8.05. The van der Waals surface area contributed by atoms with Crippen LogP contribution >= 0.6 is 0 Å². The fourth-order valence-corrected chi connectivity index (χ4v) is 3.46. The van der Waals surface area contributed by atoms with Crippen LogP contribution in [0.5, 0.6) is 0 Å². The molecule has 3 N–H and O–H groups in total. The highest BCUT2D eigenvalue weighted by Crippen LogP contribution is 2.17. The number of rotatable bonds is 7. The average molecular weight is 348 g/mol. The van der Waals surface area contributed by atoms with Crippen molar-refractivity contribution in [3.8, 4) is 0 Å². The standard InChI is InChI=1S/C17H20N2O4S/c1-13(14-6-3-2-4-7-14)19-24(22,23)16-9-5-8-15(12-16)17(21)18-10-11-20/h2-9,12-13,19-20H,10-11H2,1H3,(H,18,21)/t13-/m0/s1. The Labute approximate surface area is 141 Å². The molecule has 0 aliphatic rings. The van der Waals surface area contributed by atoms with Gasteiger partial charge in [0.2, 0.25) is 10.0 Å². The van der Waals surface area contributed by atoms with Gasteiger partial charge in [-0.25, -0.2) is 13.1 Å². The predicted molar refractivity (Wildman–Crippen MR) is 91.0 cm³/mol. The van der Waals surface area contributed by atoms with Gasteiger partial charge < -0.3 is 10.4 Å². The summed E-state index contributed by atoms with van der Waals surface area (Å²) < 4.78 is 27.6. The largest absolute Gasteiger partial charge is 0.395 e. The first-order valence-corrected chi connectivity index (χ1v) is 8.99. The molecule has 0 saturated carbocycles. The highest BCUT2D eigenvalue weighted by Gasteiger charge is 2.19. The molecular weight excluding hydrogens is 328 g/mol. The van der Waals surface area contributed by atoms with Crippen LogP contribution in [0.1, 0.15) is 28.9 Å². The molecule has 0 fully saturated rings. The lowest BCUT2D eigenvalue weighted by molar-refractivity contribution is 0.0944. The minimum absolute atomic E-state index is 0.0157. The van der Waals surface area contributed by atoms with Crippen molar-refractivity contribution in [2.24, 2.45) is 0 Å². The fourth-order valence-electron chi connectivity index (χ4n) is 2.19. The summed E-state index contributed by atoms with van der Waals surface area (Å²) in [7, 11) is -3.76. The molecule has 0 bridgehead atoms. The zero-order chi connectivity index (χ0) is 17.6. The van der Waals surface area contributed by atoms with Gasteiger partial charge in [0.1, 0.15) is 0 Å². The van der Waals surface area contributed by atoms with Gasteiger partial charge in [-0.1, -0.05) is 36.4 Å². The van der Waals surface area contributed by atoms with Crippen LogP contribution < -0.4 is 10.0 Å². The Bertz CT molecular complexity index is 791. The topological polar surface area (TPSA) is 95.5 Å². The number of hydrogen-bond acceptors (Lipinski definition) is 4. The van der Waals surface area contributed by atoms with Gasteiger partial charge in [0, 0.05) is 18.2 Å². The zero-order valence-corrected chi connectivity index (χ0v) is 14.1. The molecule has 0 unspecified atom stereocenters. The molecule has 1 atom stereocenters. The van der Waals surface area contributed by atoms with Gasteiger partial charge in [-0.3, -0.25) is 4.79 Å². The molecule has 128 valence electrons. The van der Waals surface area contributed by atoms with Crippen molar-refractivity contribution in [3.05, 3.63) is 65.7 Å². The number of aliphatic hydroxyl groups excluding tert-OH is 1. The summed E-state index contributed by atoms with van der Waals surface area (Å²) in [6, 6.07) is 14.6. The molecule has 1 amide bonds. The summed E-state index contributed by atoms with van der Waals surface area (Å²) in [5, 5.41) is 11.2. The van der Waals surface area contributed by atoms with E-state index in [0.717, 1.165) is 5.56 Å². The lowest BCUT2D eigenvalue weighted by Gasteiger charge is -2.15. The van der Waals surface area contributed by atoms with Gasteiger partial charge in [0.15, 0.2) is 0 Å². The van der Waals surface area contributed by atoms with Gasteiger partial charge in [-0.05, 0) is 30.7 Å². The van der Waals surface area contributed by atoms with E-state index in [0.29, 0.717) is 0 Å². The van der Waals surface area contributed by atoms with Gasteiger partial charge >= 0.3 is 0 Å². The van der Waals surface area contributed by atoms with Gasteiger partial charge in [-0.15, -0.1) is 0 Å². The maximum absolute atomic E-state index is 12.5. The smallest absolute Gasteiger partial charge is 0.251 e. The third kappa shape index (κ3) is 4.64. The molecule has 0 spiro atoms. The van der Waals surface area contributed by atoms with Crippen LogP contribution in [0.4, 0.5) is 0 Å². The zero-order valence-electron chi connectivity index (χ0n) is 13.3. The summed E-state index contributed by atoms with van der Waals surface area (Å²) in [4.78, 5) is 11.9. The van der Waals surface area contributed by atoms with E-state index in [1.165, 1.54) is 24.3 Å². The van der Waals surface area contributed by atoms with Crippen LogP contribution in [0, 0.1) is 0 Å². The molecule has 0 aliphatic carbocycles. The number of nitrogens with one attached hydrogen (secondary N) is 2. The molecule has 24 heavy (non-hydrogen) atoms. The predicted octanol–water partition coefficient (Wildman–Crippen LogP) is 1.45. The van der Waals surface area contributed by atoms with Crippen LogP contribution in [0.15, 0.2) is 59.5 Å². The molecular formula is C17H20N2O4S.